The van der Waals surface area contributed by atoms with E-state index in [4.69, 9.17) is 28.8 Å². The second-order valence-corrected chi connectivity index (χ2v) is 12.9. The molecule has 50 heavy (non-hydrogen) atoms. The summed E-state index contributed by atoms with van der Waals surface area (Å²) in [6.45, 7) is 0. The van der Waals surface area contributed by atoms with Crippen molar-refractivity contribution in [3.05, 3.63) is 170 Å². The first-order chi connectivity index (χ1) is 34.3. The molecule has 4 heteroatoms. The number of rotatable bonds is 5. The predicted octanol–water partition coefficient (Wildman–Crippen LogP) is 13.5. The summed E-state index contributed by atoms with van der Waals surface area (Å²) in [7, 11) is 0. The van der Waals surface area contributed by atoms with Gasteiger partial charge in [-0.15, -0.1) is 22.7 Å². The SMILES string of the molecule is [2H]c1cc([2H])c(-c2c([2H])c([2H])c([2H])c3c2sc2c([2H])c([2H])c([2H])c([2H])c23)c([2H])c1-c1ncnc2c1sc1ccc(-c3c([2H])c([2H])c([2H])c(-c4c([2H])c([2H])c(-c5c([2H])c([2H])c([2H])c([2H])c5[2H])c([2H])c4[2H])c3[2H])cc12. The maximum absolute atomic E-state index is 9.59. The van der Waals surface area contributed by atoms with Crippen molar-refractivity contribution in [1.29, 1.82) is 0 Å². The molecule has 0 aliphatic rings. The minimum Gasteiger partial charge on any atom is -0.235 e. The van der Waals surface area contributed by atoms with Crippen molar-refractivity contribution in [2.75, 3.05) is 0 Å². The van der Waals surface area contributed by atoms with Crippen LogP contribution in [0.3, 0.4) is 0 Å². The van der Waals surface area contributed by atoms with Crippen LogP contribution in [0.25, 0.3) is 96.2 Å². The smallest absolute Gasteiger partial charge is 0.116 e. The van der Waals surface area contributed by atoms with Gasteiger partial charge in [-0.05, 0) is 74.8 Å². The molecular formula is C46H28N2S2. The number of thiophene rings is 2. The van der Waals surface area contributed by atoms with Crippen LogP contribution >= 0.6 is 22.7 Å². The molecule has 0 bridgehead atoms. The van der Waals surface area contributed by atoms with Gasteiger partial charge in [0.15, 0.2) is 0 Å². The Morgan fingerprint density at radius 1 is 0.440 bits per heavy atom. The van der Waals surface area contributed by atoms with Gasteiger partial charge in [0.2, 0.25) is 0 Å². The lowest BCUT2D eigenvalue weighted by Gasteiger charge is -2.08. The van der Waals surface area contributed by atoms with Gasteiger partial charge in [0.05, 0.1) is 47.4 Å². The normalized spacial score (nSPS) is 18.0. The Bertz CT molecular complexity index is 4150. The van der Waals surface area contributed by atoms with Crippen molar-refractivity contribution >= 4 is 63.1 Å². The highest BCUT2D eigenvalue weighted by Gasteiger charge is 2.16. The molecule has 0 amide bonds. The Kier molecular flexibility index (Phi) is 3.36. The van der Waals surface area contributed by atoms with Gasteiger partial charge >= 0.3 is 0 Å². The molecule has 0 unspecified atom stereocenters. The molecule has 10 rings (SSSR count). The van der Waals surface area contributed by atoms with Crippen molar-refractivity contribution < 1.29 is 31.5 Å². The molecule has 234 valence electrons. The molecule has 0 N–H and O–H groups in total. The number of benzene rings is 7. The van der Waals surface area contributed by atoms with Crippen molar-refractivity contribution in [2.24, 2.45) is 0 Å². The molecule has 3 aromatic heterocycles. The summed E-state index contributed by atoms with van der Waals surface area (Å²) in [6, 6.07) is -8.89. The van der Waals surface area contributed by atoms with Gasteiger partial charge in [0.1, 0.15) is 6.33 Å². The van der Waals surface area contributed by atoms with Crippen molar-refractivity contribution in [3.8, 4) is 55.8 Å². The van der Waals surface area contributed by atoms with Gasteiger partial charge in [-0.1, -0.05) is 133 Å². The zero-order valence-electron chi connectivity index (χ0n) is 48.1. The van der Waals surface area contributed by atoms with Crippen LogP contribution in [0.15, 0.2) is 170 Å². The molecule has 0 saturated carbocycles. The van der Waals surface area contributed by atoms with Gasteiger partial charge in [-0.2, -0.15) is 0 Å². The summed E-state index contributed by atoms with van der Waals surface area (Å²) in [5, 5.41) is 0.305. The molecule has 0 radical (unpaired) electrons. The maximum Gasteiger partial charge on any atom is 0.116 e. The highest BCUT2D eigenvalue weighted by Crippen LogP contribution is 2.43. The van der Waals surface area contributed by atoms with E-state index in [2.05, 4.69) is 9.97 Å². The third-order valence-corrected chi connectivity index (χ3v) is 10.2. The van der Waals surface area contributed by atoms with Crippen LogP contribution in [0.1, 0.15) is 31.5 Å². The van der Waals surface area contributed by atoms with E-state index in [1.165, 1.54) is 18.5 Å². The molecular weight excluding hydrogens is 645 g/mol. The first-order valence-corrected chi connectivity index (χ1v) is 16.5. The largest absolute Gasteiger partial charge is 0.235 e. The van der Waals surface area contributed by atoms with Gasteiger partial charge in [0, 0.05) is 35.8 Å². The summed E-state index contributed by atoms with van der Waals surface area (Å²) in [5.41, 5.74) is -2.63. The van der Waals surface area contributed by atoms with E-state index in [1.54, 1.807) is 6.07 Å². The molecule has 0 atom stereocenters. The van der Waals surface area contributed by atoms with E-state index < -0.39 is 155 Å². The Balaban J connectivity index is 1.16. The molecule has 0 saturated heterocycles. The fourth-order valence-electron chi connectivity index (χ4n) is 5.60. The Labute approximate surface area is 329 Å². The molecule has 0 fully saturated rings. The van der Waals surface area contributed by atoms with Crippen LogP contribution < -0.4 is 0 Å². The summed E-state index contributed by atoms with van der Waals surface area (Å²) >= 11 is 1.97. The van der Waals surface area contributed by atoms with E-state index >= 15 is 0 Å². The first kappa shape index (κ1) is 14.1. The van der Waals surface area contributed by atoms with Crippen LogP contribution in [0.2, 0.25) is 0 Å². The molecule has 7 aromatic carbocycles. The van der Waals surface area contributed by atoms with Gasteiger partial charge in [0.25, 0.3) is 0 Å². The van der Waals surface area contributed by atoms with Crippen molar-refractivity contribution in [3.63, 3.8) is 0 Å². The fourth-order valence-corrected chi connectivity index (χ4v) is 7.81. The minimum atomic E-state index is -0.841. The zero-order valence-corrected chi connectivity index (χ0v) is 26.7. The average Bonchev–Trinajstić information content (AvgIpc) is 3.95. The number of hydrogen-bond donors (Lipinski definition) is 0. The first-order valence-electron chi connectivity index (χ1n) is 26.3. The number of aromatic nitrogens is 2. The Morgan fingerprint density at radius 2 is 1.10 bits per heavy atom. The van der Waals surface area contributed by atoms with Crippen LogP contribution in [-0.4, -0.2) is 9.97 Å². The summed E-state index contributed by atoms with van der Waals surface area (Å²) in [4.78, 5) is 8.99. The fraction of sp³-hybridized carbons (Fsp3) is 0. The molecule has 10 aromatic rings. The Morgan fingerprint density at radius 3 is 1.98 bits per heavy atom. The third-order valence-electron chi connectivity index (χ3n) is 7.90. The van der Waals surface area contributed by atoms with Gasteiger partial charge < -0.3 is 0 Å². The van der Waals surface area contributed by atoms with Crippen LogP contribution in [0, 0.1) is 0 Å². The third kappa shape index (κ3) is 4.92. The standard InChI is InChI=1S/C46H28N2S2/c1-2-9-29(10-3-1)30-19-21-31(22-20-30)32-11-6-12-33(25-32)34-23-24-42-40(27-34)44-46(50-42)43(47-28-48-44)36-14-7-13-35(26-36)37-16-8-17-39-38-15-4-5-18-41(38)49-45(37)39/h1-28H/i1D,2D,3D,4D,5D,6D,8D,9D,10D,11D,12D,13D,14D,15D,16D,17D,18D,19D,20D,21D,22D,25D,26D. The van der Waals surface area contributed by atoms with Crippen molar-refractivity contribution in [2.45, 2.75) is 0 Å². The van der Waals surface area contributed by atoms with Gasteiger partial charge in [-0.25, -0.2) is 9.97 Å². The molecule has 2 nitrogen and oxygen atoms in total. The zero-order chi connectivity index (χ0) is 53.0. The summed E-state index contributed by atoms with van der Waals surface area (Å²) in [6.07, 6.45) is 1.17. The minimum absolute atomic E-state index is 0.0421. The molecule has 0 aliphatic heterocycles. The second-order valence-electron chi connectivity index (χ2n) is 10.8. The maximum atomic E-state index is 9.59. The predicted molar refractivity (Wildman–Crippen MR) is 215 cm³/mol. The van der Waals surface area contributed by atoms with Crippen LogP contribution in [0.4, 0.5) is 0 Å². The van der Waals surface area contributed by atoms with E-state index in [0.717, 1.165) is 28.7 Å². The molecule has 0 aliphatic carbocycles. The second kappa shape index (κ2) is 11.9. The van der Waals surface area contributed by atoms with E-state index in [1.807, 2.05) is 0 Å². The van der Waals surface area contributed by atoms with Crippen LogP contribution in [0.5, 0.6) is 0 Å². The van der Waals surface area contributed by atoms with E-state index in [-0.39, 0.29) is 65.2 Å². The number of nitrogens with zero attached hydrogens (tertiary/aromatic N) is 2. The summed E-state index contributed by atoms with van der Waals surface area (Å²) < 4.78 is 202. The summed E-state index contributed by atoms with van der Waals surface area (Å²) in [5.74, 6) is 0. The molecule has 3 heterocycles. The van der Waals surface area contributed by atoms with Crippen molar-refractivity contribution in [1.82, 2.24) is 9.97 Å². The van der Waals surface area contributed by atoms with Gasteiger partial charge in [-0.3, -0.25) is 0 Å². The molecule has 0 spiro atoms. The number of fused-ring (bicyclic) bond motifs is 6. The Hall–Kier alpha value is -5.94. The highest BCUT2D eigenvalue weighted by molar-refractivity contribution is 7.26. The monoisotopic (exact) mass is 695 g/mol. The number of hydrogen-bond acceptors (Lipinski definition) is 4. The average molecular weight is 696 g/mol. The topological polar surface area (TPSA) is 25.8 Å². The van der Waals surface area contributed by atoms with Crippen LogP contribution in [-0.2, 0) is 0 Å². The quantitative estimate of drug-likeness (QED) is 0.179. The van der Waals surface area contributed by atoms with E-state index in [9.17, 15) is 2.74 Å². The highest BCUT2D eigenvalue weighted by atomic mass is 32.1. The lowest BCUT2D eigenvalue weighted by Crippen LogP contribution is -1.87. The lowest BCUT2D eigenvalue weighted by molar-refractivity contribution is 1.24. The lowest BCUT2D eigenvalue weighted by atomic mass is 9.96. The van der Waals surface area contributed by atoms with E-state index in [0.29, 0.717) is 14.8 Å².